The van der Waals surface area contributed by atoms with E-state index in [0.717, 1.165) is 23.3 Å². The van der Waals surface area contributed by atoms with Gasteiger partial charge in [-0.05, 0) is 51.4 Å². The van der Waals surface area contributed by atoms with Gasteiger partial charge >= 0.3 is 11.8 Å². The summed E-state index contributed by atoms with van der Waals surface area (Å²) in [5, 5.41) is 0. The van der Waals surface area contributed by atoms with Gasteiger partial charge in [0.05, 0.1) is 23.3 Å². The van der Waals surface area contributed by atoms with Crippen LogP contribution in [-0.2, 0) is 5.41 Å². The minimum atomic E-state index is -0.0642. The Hall–Kier alpha value is -4.70. The van der Waals surface area contributed by atoms with Gasteiger partial charge in [-0.15, -0.1) is 0 Å². The van der Waals surface area contributed by atoms with Gasteiger partial charge in [0.1, 0.15) is 11.5 Å². The Kier molecular flexibility index (Phi) is 4.47. The molecule has 2 aliphatic carbocycles. The number of nitrogens with zero attached hydrogens (tertiary/aromatic N) is 2. The highest BCUT2D eigenvalue weighted by Crippen LogP contribution is 2.57. The molecule has 198 valence electrons. The number of hydrogen-bond donors (Lipinski definition) is 0. The van der Waals surface area contributed by atoms with E-state index in [1.165, 1.54) is 44.5 Å². The Bertz CT molecular complexity index is 1950. The summed E-state index contributed by atoms with van der Waals surface area (Å²) in [4.78, 5) is 0. The summed E-state index contributed by atoms with van der Waals surface area (Å²) in [7, 11) is 0. The van der Waals surface area contributed by atoms with E-state index in [1.54, 1.807) is 0 Å². The van der Waals surface area contributed by atoms with Crippen molar-refractivity contribution in [1.29, 1.82) is 0 Å². The fourth-order valence-electron chi connectivity index (χ4n) is 7.38. The van der Waals surface area contributed by atoms with Crippen LogP contribution in [0.3, 0.4) is 0 Å². The molecule has 0 radical (unpaired) electrons. The molecule has 2 aliphatic heterocycles. The molecule has 9 rings (SSSR count). The number of pyridine rings is 2. The molecule has 0 saturated heterocycles. The second-order valence-electron chi connectivity index (χ2n) is 12.6. The molecular formula is C37H30N2O2+2. The number of benzene rings is 3. The Morgan fingerprint density at radius 1 is 0.659 bits per heavy atom. The van der Waals surface area contributed by atoms with Crippen molar-refractivity contribution in [2.45, 2.75) is 44.2 Å². The van der Waals surface area contributed by atoms with Gasteiger partial charge in [-0.25, -0.2) is 0 Å². The first-order valence-electron chi connectivity index (χ1n) is 14.5. The van der Waals surface area contributed by atoms with Crippen LogP contribution >= 0.6 is 0 Å². The Morgan fingerprint density at radius 2 is 1.41 bits per heavy atom. The van der Waals surface area contributed by atoms with Gasteiger partial charge in [0, 0.05) is 23.6 Å². The van der Waals surface area contributed by atoms with E-state index in [9.17, 15) is 0 Å². The quantitative estimate of drug-likeness (QED) is 0.208. The van der Waals surface area contributed by atoms with Crippen LogP contribution in [0.1, 0.15) is 77.7 Å². The number of rotatable bonds is 1. The summed E-state index contributed by atoms with van der Waals surface area (Å²) >= 11 is 0. The molecule has 0 amide bonds. The minimum Gasteiger partial charge on any atom is -0.405 e. The van der Waals surface area contributed by atoms with Crippen molar-refractivity contribution in [2.24, 2.45) is 0 Å². The predicted molar refractivity (Wildman–Crippen MR) is 157 cm³/mol. The van der Waals surface area contributed by atoms with Crippen molar-refractivity contribution in [1.82, 2.24) is 0 Å². The van der Waals surface area contributed by atoms with Crippen LogP contribution in [0.4, 0.5) is 0 Å². The fraction of sp³-hybridized carbons (Fsp3) is 0.189. The number of fused-ring (bicyclic) bond motifs is 3. The lowest BCUT2D eigenvalue weighted by Gasteiger charge is -2.20. The normalized spacial score (nSPS) is 20.4. The Morgan fingerprint density at radius 3 is 2.27 bits per heavy atom. The lowest BCUT2D eigenvalue weighted by atomic mass is 9.86. The molecule has 3 aromatic carbocycles. The van der Waals surface area contributed by atoms with E-state index in [1.807, 2.05) is 0 Å². The first-order valence-corrected chi connectivity index (χ1v) is 14.5. The van der Waals surface area contributed by atoms with Crippen molar-refractivity contribution < 1.29 is 18.6 Å². The van der Waals surface area contributed by atoms with Crippen molar-refractivity contribution in [3.05, 3.63) is 148 Å². The molecule has 3 atom stereocenters. The van der Waals surface area contributed by atoms with Crippen molar-refractivity contribution in [3.63, 3.8) is 0 Å². The van der Waals surface area contributed by atoms with Gasteiger partial charge < -0.3 is 9.47 Å². The van der Waals surface area contributed by atoms with Gasteiger partial charge in [-0.1, -0.05) is 75.4 Å². The predicted octanol–water partition coefficient (Wildman–Crippen LogP) is 7.54. The fourth-order valence-corrected chi connectivity index (χ4v) is 7.38. The molecule has 4 heterocycles. The smallest absolute Gasteiger partial charge is 0.374 e. The molecule has 4 nitrogen and oxygen atoms in total. The molecule has 5 aromatic rings. The van der Waals surface area contributed by atoms with Crippen LogP contribution in [0.2, 0.25) is 0 Å². The molecule has 4 bridgehead atoms. The molecule has 4 heteroatoms. The lowest BCUT2D eigenvalue weighted by Crippen LogP contribution is -2.52. The summed E-state index contributed by atoms with van der Waals surface area (Å²) in [5.74, 6) is 3.68. The first-order chi connectivity index (χ1) is 20.0. The van der Waals surface area contributed by atoms with Crippen LogP contribution < -0.4 is 18.6 Å². The van der Waals surface area contributed by atoms with Crippen LogP contribution in [-0.4, -0.2) is 0 Å². The minimum absolute atomic E-state index is 0.00170. The SMILES string of the molecule is CC(C)(C)c1cc[n+]2c(c1)Oc1ccc3c4c1C1C2c2c(cccc2C4=CC3c2ccccc2)Oc2cccc[n+]21. The van der Waals surface area contributed by atoms with Gasteiger partial charge in [0.25, 0.3) is 12.1 Å². The molecule has 0 N–H and O–H groups in total. The van der Waals surface area contributed by atoms with E-state index in [0.29, 0.717) is 0 Å². The number of allylic oxidation sites excluding steroid dienone is 1. The van der Waals surface area contributed by atoms with E-state index in [4.69, 9.17) is 9.47 Å². The molecule has 0 saturated carbocycles. The van der Waals surface area contributed by atoms with Crippen LogP contribution in [0.15, 0.2) is 109 Å². The zero-order valence-corrected chi connectivity index (χ0v) is 23.3. The first kappa shape index (κ1) is 23.0. The topological polar surface area (TPSA) is 26.2 Å². The van der Waals surface area contributed by atoms with E-state index >= 15 is 0 Å². The third kappa shape index (κ3) is 3.10. The Balaban J connectivity index is 1.45. The highest BCUT2D eigenvalue weighted by Gasteiger charge is 2.55. The van der Waals surface area contributed by atoms with Gasteiger partial charge in [0.2, 0.25) is 0 Å². The number of hydrogen-bond acceptors (Lipinski definition) is 2. The Labute approximate surface area is 239 Å². The van der Waals surface area contributed by atoms with E-state index in [2.05, 4.69) is 139 Å². The number of ether oxygens (including phenoxy) is 2. The molecule has 41 heavy (non-hydrogen) atoms. The molecular weight excluding hydrogens is 504 g/mol. The second kappa shape index (κ2) is 7.94. The number of aromatic nitrogens is 2. The van der Waals surface area contributed by atoms with E-state index in [-0.39, 0.29) is 23.4 Å². The molecule has 0 spiro atoms. The van der Waals surface area contributed by atoms with Gasteiger partial charge in [0.15, 0.2) is 12.4 Å². The van der Waals surface area contributed by atoms with Crippen molar-refractivity contribution >= 4 is 5.57 Å². The zero-order valence-electron chi connectivity index (χ0n) is 23.3. The maximum Gasteiger partial charge on any atom is 0.374 e. The molecule has 2 aromatic heterocycles. The summed E-state index contributed by atoms with van der Waals surface area (Å²) in [6.45, 7) is 6.76. The summed E-state index contributed by atoms with van der Waals surface area (Å²) in [5.41, 5.74) is 10.1. The second-order valence-corrected chi connectivity index (χ2v) is 12.6. The molecule has 0 fully saturated rings. The van der Waals surface area contributed by atoms with Crippen LogP contribution in [0.5, 0.6) is 23.3 Å². The third-order valence-electron chi connectivity index (χ3n) is 9.27. The summed E-state index contributed by atoms with van der Waals surface area (Å²) in [6.07, 6.45) is 6.85. The molecule has 3 unspecified atom stereocenters. The highest BCUT2D eigenvalue weighted by molar-refractivity contribution is 5.92. The highest BCUT2D eigenvalue weighted by atomic mass is 16.5. The molecule has 4 aliphatic rings. The van der Waals surface area contributed by atoms with Crippen molar-refractivity contribution in [2.75, 3.05) is 0 Å². The van der Waals surface area contributed by atoms with Crippen LogP contribution in [0, 0.1) is 0 Å². The van der Waals surface area contributed by atoms with Crippen LogP contribution in [0.25, 0.3) is 5.57 Å². The third-order valence-corrected chi connectivity index (χ3v) is 9.27. The lowest BCUT2D eigenvalue weighted by molar-refractivity contribution is -0.801. The average molecular weight is 535 g/mol. The average Bonchev–Trinajstić information content (AvgIpc) is 3.13. The summed E-state index contributed by atoms with van der Waals surface area (Å²) < 4.78 is 18.4. The van der Waals surface area contributed by atoms with E-state index < -0.39 is 0 Å². The van der Waals surface area contributed by atoms with Gasteiger partial charge in [-0.2, -0.15) is 9.13 Å². The monoisotopic (exact) mass is 534 g/mol. The van der Waals surface area contributed by atoms with Crippen molar-refractivity contribution in [3.8, 4) is 23.3 Å². The largest absolute Gasteiger partial charge is 0.405 e. The maximum atomic E-state index is 6.96. The zero-order chi connectivity index (χ0) is 27.5. The standard InChI is InChI=1S/C37H30N2O2/c1-37(2,3)23-17-19-39-31(20-23)41-29-16-15-25-26(22-10-5-4-6-11-22)21-27-24-12-9-13-28-33(24)35(39)36(34(29)32(25)27)38-18-8-7-14-30(38)40-28/h4-21,26,35-36H,1-3H3/q+2. The van der Waals surface area contributed by atoms with Gasteiger partial charge in [-0.3, -0.25) is 0 Å². The summed E-state index contributed by atoms with van der Waals surface area (Å²) in [6, 6.07) is 32.5. The maximum absolute atomic E-state index is 6.96.